The molecule has 152 valence electrons. The van der Waals surface area contributed by atoms with Crippen molar-refractivity contribution in [3.63, 3.8) is 0 Å². The predicted molar refractivity (Wildman–Crippen MR) is 114 cm³/mol. The van der Waals surface area contributed by atoms with Crippen molar-refractivity contribution in [2.75, 3.05) is 25.0 Å². The first-order chi connectivity index (χ1) is 14.2. The maximum Gasteiger partial charge on any atom is 0.216 e. The number of guanidine groups is 1. The molecule has 0 aliphatic carbocycles. The summed E-state index contributed by atoms with van der Waals surface area (Å²) in [6.07, 6.45) is 3.77. The summed E-state index contributed by atoms with van der Waals surface area (Å²) in [4.78, 5) is 11.1. The van der Waals surface area contributed by atoms with E-state index in [1.807, 2.05) is 30.3 Å². The van der Waals surface area contributed by atoms with Crippen LogP contribution in [0.5, 0.6) is 0 Å². The second kappa shape index (κ2) is 9.00. The highest BCUT2D eigenvalue weighted by molar-refractivity contribution is 6.33. The smallest absolute Gasteiger partial charge is 0.216 e. The van der Waals surface area contributed by atoms with Gasteiger partial charge in [0.15, 0.2) is 11.7 Å². The Bertz CT molecular complexity index is 953. The van der Waals surface area contributed by atoms with Gasteiger partial charge in [0.1, 0.15) is 5.82 Å². The van der Waals surface area contributed by atoms with Gasteiger partial charge in [0.2, 0.25) is 5.82 Å². The number of rotatable bonds is 5. The summed E-state index contributed by atoms with van der Waals surface area (Å²) in [5, 5.41) is 14.7. The number of aromatic amines is 1. The van der Waals surface area contributed by atoms with E-state index in [9.17, 15) is 0 Å². The summed E-state index contributed by atoms with van der Waals surface area (Å²) in [6, 6.07) is 11.9. The largest absolute Gasteiger partial charge is 0.461 e. The van der Waals surface area contributed by atoms with Crippen molar-refractivity contribution in [2.45, 2.75) is 25.4 Å². The van der Waals surface area contributed by atoms with Gasteiger partial charge in [-0.3, -0.25) is 10.1 Å². The lowest BCUT2D eigenvalue weighted by Gasteiger charge is -2.35. The van der Waals surface area contributed by atoms with E-state index in [1.54, 1.807) is 13.3 Å². The number of nitrogens with zero attached hydrogens (tertiary/aromatic N) is 4. The fourth-order valence-corrected chi connectivity index (χ4v) is 3.72. The number of aliphatic imine (C=N–C) groups is 1. The summed E-state index contributed by atoms with van der Waals surface area (Å²) in [6.45, 7) is 2.35. The highest BCUT2D eigenvalue weighted by Gasteiger charge is 2.22. The molecule has 0 bridgehead atoms. The number of nitrogens with one attached hydrogen (secondary N) is 3. The molecule has 1 aromatic carbocycles. The number of piperidine rings is 1. The Morgan fingerprint density at radius 3 is 3.03 bits per heavy atom. The molecule has 0 saturated carbocycles. The second-order valence-electron chi connectivity index (χ2n) is 6.89. The molecule has 3 heterocycles. The van der Waals surface area contributed by atoms with E-state index in [-0.39, 0.29) is 6.04 Å². The standard InChI is InChI=1S/C20H24ClN7O/c1-22-20(23-12-18-25-19(27-26-18)17-9-5-11-29-17)24-14-6-4-10-28(13-14)16-8-3-2-7-15(16)21/h2-3,5,7-9,11,14H,4,6,10,12-13H2,1H3,(H2,22,23,24)(H,25,26,27). The molecule has 3 aromatic rings. The van der Waals surface area contributed by atoms with Gasteiger partial charge in [-0.05, 0) is 37.1 Å². The molecule has 2 aromatic heterocycles. The monoisotopic (exact) mass is 413 g/mol. The zero-order valence-electron chi connectivity index (χ0n) is 16.2. The number of anilines is 1. The summed E-state index contributed by atoms with van der Waals surface area (Å²) in [5.41, 5.74) is 1.08. The fourth-order valence-electron chi connectivity index (χ4n) is 3.47. The number of hydrogen-bond acceptors (Lipinski definition) is 5. The molecule has 1 atom stereocenters. The lowest BCUT2D eigenvalue weighted by atomic mass is 10.0. The van der Waals surface area contributed by atoms with Crippen molar-refractivity contribution in [3.8, 4) is 11.6 Å². The van der Waals surface area contributed by atoms with Gasteiger partial charge in [-0.25, -0.2) is 4.98 Å². The quantitative estimate of drug-likeness (QED) is 0.439. The summed E-state index contributed by atoms with van der Waals surface area (Å²) < 4.78 is 5.32. The van der Waals surface area contributed by atoms with E-state index in [0.29, 0.717) is 24.0 Å². The van der Waals surface area contributed by atoms with Gasteiger partial charge in [-0.2, -0.15) is 0 Å². The molecule has 1 saturated heterocycles. The van der Waals surface area contributed by atoms with Gasteiger partial charge in [0.05, 0.1) is 23.5 Å². The van der Waals surface area contributed by atoms with E-state index < -0.39 is 0 Å². The molecule has 0 amide bonds. The van der Waals surface area contributed by atoms with Crippen molar-refractivity contribution in [1.82, 2.24) is 25.8 Å². The van der Waals surface area contributed by atoms with Crippen LogP contribution in [0.15, 0.2) is 52.1 Å². The second-order valence-corrected chi connectivity index (χ2v) is 7.30. The highest BCUT2D eigenvalue weighted by atomic mass is 35.5. The van der Waals surface area contributed by atoms with Gasteiger partial charge in [-0.1, -0.05) is 23.7 Å². The Morgan fingerprint density at radius 1 is 1.34 bits per heavy atom. The molecule has 1 aliphatic rings. The van der Waals surface area contributed by atoms with Gasteiger partial charge in [0, 0.05) is 26.2 Å². The molecular formula is C20H24ClN7O. The number of halogens is 1. The number of benzene rings is 1. The maximum atomic E-state index is 6.37. The SMILES string of the molecule is CN=C(NCc1nc(-c2ccco2)n[nH]1)NC1CCCN(c2ccccc2Cl)C1. The van der Waals surface area contributed by atoms with Crippen LogP contribution in [0.2, 0.25) is 5.02 Å². The number of para-hydroxylation sites is 1. The van der Waals surface area contributed by atoms with Crippen LogP contribution < -0.4 is 15.5 Å². The van der Waals surface area contributed by atoms with Crippen molar-refractivity contribution < 1.29 is 4.42 Å². The lowest BCUT2D eigenvalue weighted by Crippen LogP contribution is -2.51. The number of furan rings is 1. The first kappa shape index (κ1) is 19.3. The maximum absolute atomic E-state index is 6.37. The first-order valence-electron chi connectivity index (χ1n) is 9.65. The molecular weight excluding hydrogens is 390 g/mol. The Kier molecular flexibility index (Phi) is 6.00. The Labute approximate surface area is 174 Å². The Morgan fingerprint density at radius 2 is 2.24 bits per heavy atom. The Hall–Kier alpha value is -3.00. The van der Waals surface area contributed by atoms with Crippen LogP contribution in [0.25, 0.3) is 11.6 Å². The van der Waals surface area contributed by atoms with Crippen LogP contribution in [0.3, 0.4) is 0 Å². The molecule has 4 rings (SSSR count). The van der Waals surface area contributed by atoms with Crippen LogP contribution in [-0.2, 0) is 6.54 Å². The molecule has 0 radical (unpaired) electrons. The zero-order valence-corrected chi connectivity index (χ0v) is 17.0. The van der Waals surface area contributed by atoms with Crippen molar-refractivity contribution in [3.05, 3.63) is 53.5 Å². The van der Waals surface area contributed by atoms with E-state index in [4.69, 9.17) is 16.0 Å². The zero-order chi connectivity index (χ0) is 20.1. The van der Waals surface area contributed by atoms with E-state index in [2.05, 4.69) is 41.8 Å². The molecule has 29 heavy (non-hydrogen) atoms. The molecule has 0 spiro atoms. The van der Waals surface area contributed by atoms with Crippen molar-refractivity contribution >= 4 is 23.2 Å². The topological polar surface area (TPSA) is 94.4 Å². The minimum atomic E-state index is 0.277. The molecule has 3 N–H and O–H groups in total. The van der Waals surface area contributed by atoms with Crippen LogP contribution in [0.4, 0.5) is 5.69 Å². The predicted octanol–water partition coefficient (Wildman–Crippen LogP) is 3.05. The van der Waals surface area contributed by atoms with E-state index in [1.165, 1.54) is 0 Å². The van der Waals surface area contributed by atoms with Gasteiger partial charge in [0.25, 0.3) is 0 Å². The highest BCUT2D eigenvalue weighted by Crippen LogP contribution is 2.27. The minimum Gasteiger partial charge on any atom is -0.461 e. The third-order valence-electron chi connectivity index (χ3n) is 4.88. The summed E-state index contributed by atoms with van der Waals surface area (Å²) >= 11 is 6.37. The molecule has 9 heteroatoms. The molecule has 1 unspecified atom stereocenters. The van der Waals surface area contributed by atoms with Gasteiger partial charge in [-0.15, -0.1) is 5.10 Å². The van der Waals surface area contributed by atoms with Crippen LogP contribution in [0, 0.1) is 0 Å². The van der Waals surface area contributed by atoms with E-state index >= 15 is 0 Å². The van der Waals surface area contributed by atoms with Gasteiger partial charge < -0.3 is 20.0 Å². The first-order valence-corrected chi connectivity index (χ1v) is 10.0. The van der Waals surface area contributed by atoms with Gasteiger partial charge >= 0.3 is 0 Å². The minimum absolute atomic E-state index is 0.277. The van der Waals surface area contributed by atoms with Crippen molar-refractivity contribution in [2.24, 2.45) is 4.99 Å². The van der Waals surface area contributed by atoms with Crippen LogP contribution >= 0.6 is 11.6 Å². The van der Waals surface area contributed by atoms with Crippen LogP contribution in [0.1, 0.15) is 18.7 Å². The number of H-pyrrole nitrogens is 1. The number of hydrogen-bond donors (Lipinski definition) is 3. The normalized spacial score (nSPS) is 17.4. The van der Waals surface area contributed by atoms with E-state index in [0.717, 1.165) is 42.6 Å². The van der Waals surface area contributed by atoms with Crippen LogP contribution in [-0.4, -0.2) is 47.3 Å². The third-order valence-corrected chi connectivity index (χ3v) is 5.20. The lowest BCUT2D eigenvalue weighted by molar-refractivity contribution is 0.468. The summed E-state index contributed by atoms with van der Waals surface area (Å²) in [7, 11) is 1.76. The van der Waals surface area contributed by atoms with Crippen molar-refractivity contribution in [1.29, 1.82) is 0 Å². The molecule has 1 fully saturated rings. The average molecular weight is 414 g/mol. The third kappa shape index (κ3) is 4.71. The molecule has 1 aliphatic heterocycles. The summed E-state index contributed by atoms with van der Waals surface area (Å²) in [5.74, 6) is 2.61. The fraction of sp³-hybridized carbons (Fsp3) is 0.350. The molecule has 8 nitrogen and oxygen atoms in total. The Balaban J connectivity index is 1.32. The average Bonchev–Trinajstić information content (AvgIpc) is 3.43. The number of aromatic nitrogens is 3.